The first kappa shape index (κ1) is 20.7. The Morgan fingerprint density at radius 1 is 1.14 bits per heavy atom. The summed E-state index contributed by atoms with van der Waals surface area (Å²) in [4.78, 5) is 2.22. The lowest BCUT2D eigenvalue weighted by atomic mass is 9.81. The van der Waals surface area contributed by atoms with Crippen molar-refractivity contribution in [2.24, 2.45) is 5.92 Å². The van der Waals surface area contributed by atoms with Gasteiger partial charge in [-0.25, -0.2) is 8.78 Å². The molecule has 0 saturated heterocycles. The van der Waals surface area contributed by atoms with Gasteiger partial charge in [-0.15, -0.1) is 0 Å². The molecule has 0 radical (unpaired) electrons. The SMILES string of the molecule is CC(C)CN1[C@H](c2c(F)cc(C(C)C)cc2F)c2cccc(C=N)c2C[C@H]1C. The largest absolute Gasteiger partial charge is 0.308 e. The van der Waals surface area contributed by atoms with E-state index in [4.69, 9.17) is 5.41 Å². The van der Waals surface area contributed by atoms with Crippen molar-refractivity contribution in [3.63, 3.8) is 0 Å². The van der Waals surface area contributed by atoms with E-state index < -0.39 is 17.7 Å². The molecule has 0 saturated carbocycles. The smallest absolute Gasteiger partial charge is 0.131 e. The fourth-order valence-electron chi connectivity index (χ4n) is 4.32. The molecule has 0 spiro atoms. The molecule has 3 rings (SSSR count). The van der Waals surface area contributed by atoms with E-state index in [0.717, 1.165) is 29.7 Å². The van der Waals surface area contributed by atoms with Crippen molar-refractivity contribution in [1.82, 2.24) is 4.90 Å². The van der Waals surface area contributed by atoms with Crippen molar-refractivity contribution < 1.29 is 8.78 Å². The van der Waals surface area contributed by atoms with E-state index in [1.165, 1.54) is 18.3 Å². The quantitative estimate of drug-likeness (QED) is 0.622. The van der Waals surface area contributed by atoms with E-state index in [9.17, 15) is 0 Å². The monoisotopic (exact) mass is 384 g/mol. The summed E-state index contributed by atoms with van der Waals surface area (Å²) < 4.78 is 30.5. The lowest BCUT2D eigenvalue weighted by Crippen LogP contribution is -2.45. The van der Waals surface area contributed by atoms with Crippen molar-refractivity contribution in [3.05, 3.63) is 69.8 Å². The van der Waals surface area contributed by atoms with Crippen LogP contribution in [0, 0.1) is 23.0 Å². The standard InChI is InChI=1S/C24H30F2N2/c1-14(2)13-28-16(5)9-20-17(12-27)7-6-8-19(20)24(28)23-21(25)10-18(15(3)4)11-22(23)26/h6-8,10-12,14-16,24,27H,9,13H2,1-5H3/t16-,24+/m1/s1. The van der Waals surface area contributed by atoms with Crippen LogP contribution >= 0.6 is 0 Å². The van der Waals surface area contributed by atoms with Crippen LogP contribution in [0.3, 0.4) is 0 Å². The number of hydrogen-bond donors (Lipinski definition) is 1. The van der Waals surface area contributed by atoms with Crippen LogP contribution in [0.2, 0.25) is 0 Å². The molecule has 0 bridgehead atoms. The number of fused-ring (bicyclic) bond motifs is 1. The third-order valence-corrected chi connectivity index (χ3v) is 5.71. The molecule has 4 heteroatoms. The third-order valence-electron chi connectivity index (χ3n) is 5.71. The summed E-state index contributed by atoms with van der Waals surface area (Å²) in [5.74, 6) is -0.532. The first-order valence-electron chi connectivity index (χ1n) is 10.1. The molecule has 0 aliphatic carbocycles. The number of benzene rings is 2. The van der Waals surface area contributed by atoms with Gasteiger partial charge in [0.25, 0.3) is 0 Å². The Morgan fingerprint density at radius 3 is 2.32 bits per heavy atom. The predicted molar refractivity (Wildman–Crippen MR) is 111 cm³/mol. The Kier molecular flexibility index (Phi) is 5.99. The van der Waals surface area contributed by atoms with Crippen molar-refractivity contribution in [2.75, 3.05) is 6.54 Å². The van der Waals surface area contributed by atoms with Crippen molar-refractivity contribution in [3.8, 4) is 0 Å². The molecule has 2 atom stereocenters. The van der Waals surface area contributed by atoms with Gasteiger partial charge in [0.1, 0.15) is 11.6 Å². The summed E-state index contributed by atoms with van der Waals surface area (Å²) in [5, 5.41) is 7.76. The number of rotatable bonds is 5. The first-order valence-corrected chi connectivity index (χ1v) is 10.1. The zero-order valence-corrected chi connectivity index (χ0v) is 17.4. The molecule has 2 aromatic rings. The van der Waals surface area contributed by atoms with E-state index in [0.29, 0.717) is 11.5 Å². The van der Waals surface area contributed by atoms with Crippen LogP contribution in [-0.4, -0.2) is 23.7 Å². The second-order valence-corrected chi connectivity index (χ2v) is 8.66. The van der Waals surface area contributed by atoms with Gasteiger partial charge < -0.3 is 5.41 Å². The maximum atomic E-state index is 15.3. The molecular formula is C24H30F2N2. The van der Waals surface area contributed by atoms with Crippen molar-refractivity contribution in [1.29, 1.82) is 5.41 Å². The number of halogens is 2. The lowest BCUT2D eigenvalue weighted by Gasteiger charge is -2.43. The molecule has 150 valence electrons. The second kappa shape index (κ2) is 8.12. The van der Waals surface area contributed by atoms with Crippen molar-refractivity contribution >= 4 is 6.21 Å². The summed E-state index contributed by atoms with van der Waals surface area (Å²) in [7, 11) is 0. The summed E-state index contributed by atoms with van der Waals surface area (Å²) >= 11 is 0. The maximum Gasteiger partial charge on any atom is 0.131 e. The van der Waals surface area contributed by atoms with E-state index in [1.54, 1.807) is 0 Å². The highest BCUT2D eigenvalue weighted by Gasteiger charge is 2.37. The highest BCUT2D eigenvalue weighted by atomic mass is 19.1. The molecule has 0 fully saturated rings. The number of hydrogen-bond acceptors (Lipinski definition) is 2. The van der Waals surface area contributed by atoms with Gasteiger partial charge in [0, 0.05) is 24.4 Å². The van der Waals surface area contributed by atoms with Crippen LogP contribution in [0.25, 0.3) is 0 Å². The van der Waals surface area contributed by atoms with Crippen LogP contribution in [0.5, 0.6) is 0 Å². The minimum atomic E-state index is -0.484. The van der Waals surface area contributed by atoms with E-state index in [-0.39, 0.29) is 17.5 Å². The topological polar surface area (TPSA) is 27.1 Å². The van der Waals surface area contributed by atoms with Crippen LogP contribution < -0.4 is 0 Å². The third kappa shape index (κ3) is 3.75. The number of nitrogens with one attached hydrogen (secondary N) is 1. The van der Waals surface area contributed by atoms with Gasteiger partial charge in [0.2, 0.25) is 0 Å². The molecule has 0 unspecified atom stereocenters. The summed E-state index contributed by atoms with van der Waals surface area (Å²) in [6.45, 7) is 11.0. The Balaban J connectivity index is 2.24. The van der Waals surface area contributed by atoms with E-state index >= 15 is 8.78 Å². The van der Waals surface area contributed by atoms with E-state index in [2.05, 4.69) is 25.7 Å². The molecule has 2 nitrogen and oxygen atoms in total. The minimum absolute atomic E-state index is 0.0619. The molecule has 1 heterocycles. The molecule has 1 aliphatic rings. The molecule has 28 heavy (non-hydrogen) atoms. The highest BCUT2D eigenvalue weighted by molar-refractivity contribution is 5.80. The second-order valence-electron chi connectivity index (χ2n) is 8.66. The van der Waals surface area contributed by atoms with Crippen molar-refractivity contribution in [2.45, 2.75) is 59.0 Å². The Bertz CT molecular complexity index is 850. The van der Waals surface area contributed by atoms with Gasteiger partial charge >= 0.3 is 0 Å². The maximum absolute atomic E-state index is 15.3. The summed E-state index contributed by atoms with van der Waals surface area (Å²) in [6.07, 6.45) is 2.12. The van der Waals surface area contributed by atoms with Gasteiger partial charge in [0.05, 0.1) is 6.04 Å². The normalized spacial score (nSPS) is 19.9. The average Bonchev–Trinajstić information content (AvgIpc) is 2.62. The number of nitrogens with zero attached hydrogens (tertiary/aromatic N) is 1. The van der Waals surface area contributed by atoms with Gasteiger partial charge in [0.15, 0.2) is 0 Å². The molecule has 0 aromatic heterocycles. The highest BCUT2D eigenvalue weighted by Crippen LogP contribution is 2.41. The molecular weight excluding hydrogens is 354 g/mol. The molecule has 2 aromatic carbocycles. The fraction of sp³-hybridized carbons (Fsp3) is 0.458. The molecule has 1 aliphatic heterocycles. The fourth-order valence-corrected chi connectivity index (χ4v) is 4.32. The summed E-state index contributed by atoms with van der Waals surface area (Å²) in [5.41, 5.74) is 3.57. The molecule has 1 N–H and O–H groups in total. The summed E-state index contributed by atoms with van der Waals surface area (Å²) in [6, 6.07) is 8.36. The van der Waals surface area contributed by atoms with Gasteiger partial charge in [-0.05, 0) is 59.6 Å². The lowest BCUT2D eigenvalue weighted by molar-refractivity contribution is 0.128. The molecule has 0 amide bonds. The average molecular weight is 385 g/mol. The van der Waals surface area contributed by atoms with E-state index in [1.807, 2.05) is 32.0 Å². The van der Waals surface area contributed by atoms with Gasteiger partial charge in [-0.3, -0.25) is 4.90 Å². The Labute approximate surface area is 167 Å². The van der Waals surface area contributed by atoms with Crippen LogP contribution in [0.1, 0.15) is 74.4 Å². The first-order chi connectivity index (χ1) is 13.2. The zero-order valence-electron chi connectivity index (χ0n) is 17.4. The zero-order chi connectivity index (χ0) is 20.6. The van der Waals surface area contributed by atoms with Gasteiger partial charge in [-0.2, -0.15) is 0 Å². The van der Waals surface area contributed by atoms with Crippen LogP contribution in [-0.2, 0) is 6.42 Å². The van der Waals surface area contributed by atoms with Crippen LogP contribution in [0.15, 0.2) is 30.3 Å². The Morgan fingerprint density at radius 2 is 1.79 bits per heavy atom. The minimum Gasteiger partial charge on any atom is -0.308 e. The van der Waals surface area contributed by atoms with Gasteiger partial charge in [-0.1, -0.05) is 45.9 Å². The predicted octanol–water partition coefficient (Wildman–Crippen LogP) is 6.08. The van der Waals surface area contributed by atoms with Crippen LogP contribution in [0.4, 0.5) is 8.78 Å². The Hall–Kier alpha value is -2.07.